The van der Waals surface area contributed by atoms with Crippen molar-refractivity contribution in [2.75, 3.05) is 26.4 Å². The fourth-order valence-electron chi connectivity index (χ4n) is 3.10. The van der Waals surface area contributed by atoms with E-state index in [1.165, 1.54) is 5.56 Å². The number of ether oxygens (including phenoxy) is 4. The van der Waals surface area contributed by atoms with Crippen molar-refractivity contribution in [2.45, 2.75) is 25.9 Å². The summed E-state index contributed by atoms with van der Waals surface area (Å²) < 4.78 is 22.9. The van der Waals surface area contributed by atoms with Crippen molar-refractivity contribution in [1.29, 1.82) is 0 Å². The molecule has 2 aliphatic heterocycles. The molecule has 0 fully saturated rings. The van der Waals surface area contributed by atoms with Gasteiger partial charge in [0.15, 0.2) is 23.0 Å². The molecule has 0 saturated carbocycles. The molecule has 0 radical (unpaired) electrons. The standard InChI is InChI=1S/C20H23NO4/c1-14(15-6-7-17-19(12-15)23-9-3-8-22-17)21-13-16-4-2-5-18-20(16)25-11-10-24-18/h2,4-7,12,14,21H,3,8-11,13H2,1H3/t14-/m1/s1. The van der Waals surface area contributed by atoms with Crippen LogP contribution in [0.2, 0.25) is 0 Å². The normalized spacial score (nSPS) is 16.8. The number of nitrogens with one attached hydrogen (secondary N) is 1. The van der Waals surface area contributed by atoms with Crippen molar-refractivity contribution in [2.24, 2.45) is 0 Å². The maximum Gasteiger partial charge on any atom is 0.165 e. The van der Waals surface area contributed by atoms with Crippen LogP contribution in [0, 0.1) is 0 Å². The van der Waals surface area contributed by atoms with Gasteiger partial charge in [-0.2, -0.15) is 0 Å². The van der Waals surface area contributed by atoms with Crippen molar-refractivity contribution < 1.29 is 18.9 Å². The second-order valence-corrected chi connectivity index (χ2v) is 6.30. The van der Waals surface area contributed by atoms with Gasteiger partial charge in [-0.1, -0.05) is 18.2 Å². The van der Waals surface area contributed by atoms with E-state index in [-0.39, 0.29) is 6.04 Å². The zero-order valence-electron chi connectivity index (χ0n) is 14.4. The lowest BCUT2D eigenvalue weighted by Crippen LogP contribution is -2.21. The van der Waals surface area contributed by atoms with Gasteiger partial charge in [-0.3, -0.25) is 0 Å². The second-order valence-electron chi connectivity index (χ2n) is 6.30. The third-order valence-corrected chi connectivity index (χ3v) is 4.52. The van der Waals surface area contributed by atoms with Crippen LogP contribution in [0.25, 0.3) is 0 Å². The van der Waals surface area contributed by atoms with E-state index in [0.29, 0.717) is 33.0 Å². The Hall–Kier alpha value is -2.40. The van der Waals surface area contributed by atoms with Gasteiger partial charge in [0, 0.05) is 24.6 Å². The Morgan fingerprint density at radius 3 is 2.60 bits per heavy atom. The van der Waals surface area contributed by atoms with Crippen LogP contribution in [0.15, 0.2) is 36.4 Å². The summed E-state index contributed by atoms with van der Waals surface area (Å²) in [5.74, 6) is 3.34. The van der Waals surface area contributed by atoms with Crippen molar-refractivity contribution in [3.8, 4) is 23.0 Å². The lowest BCUT2D eigenvalue weighted by molar-refractivity contribution is 0.169. The Morgan fingerprint density at radius 2 is 1.68 bits per heavy atom. The molecular formula is C20H23NO4. The van der Waals surface area contributed by atoms with Crippen LogP contribution in [0.5, 0.6) is 23.0 Å². The first kappa shape index (κ1) is 16.1. The average Bonchev–Trinajstić information content (AvgIpc) is 2.90. The van der Waals surface area contributed by atoms with Crippen molar-refractivity contribution in [3.05, 3.63) is 47.5 Å². The summed E-state index contributed by atoms with van der Waals surface area (Å²) in [4.78, 5) is 0. The van der Waals surface area contributed by atoms with Gasteiger partial charge >= 0.3 is 0 Å². The van der Waals surface area contributed by atoms with Crippen LogP contribution < -0.4 is 24.3 Å². The van der Waals surface area contributed by atoms with E-state index in [4.69, 9.17) is 18.9 Å². The van der Waals surface area contributed by atoms with Gasteiger partial charge in [-0.25, -0.2) is 0 Å². The van der Waals surface area contributed by atoms with E-state index in [1.807, 2.05) is 18.2 Å². The first-order valence-corrected chi connectivity index (χ1v) is 8.82. The lowest BCUT2D eigenvalue weighted by Gasteiger charge is -2.22. The first-order valence-electron chi connectivity index (χ1n) is 8.82. The van der Waals surface area contributed by atoms with Gasteiger partial charge < -0.3 is 24.3 Å². The molecule has 2 aliphatic rings. The van der Waals surface area contributed by atoms with Crippen LogP contribution in [-0.2, 0) is 6.54 Å². The van der Waals surface area contributed by atoms with E-state index in [9.17, 15) is 0 Å². The highest BCUT2D eigenvalue weighted by Gasteiger charge is 2.17. The van der Waals surface area contributed by atoms with Crippen molar-refractivity contribution in [3.63, 3.8) is 0 Å². The number of para-hydroxylation sites is 1. The minimum atomic E-state index is 0.178. The Morgan fingerprint density at radius 1 is 0.880 bits per heavy atom. The Kier molecular flexibility index (Phi) is 4.65. The average molecular weight is 341 g/mol. The van der Waals surface area contributed by atoms with Crippen LogP contribution in [-0.4, -0.2) is 26.4 Å². The Balaban J connectivity index is 1.46. The summed E-state index contributed by atoms with van der Waals surface area (Å²) in [6.45, 7) is 5.47. The summed E-state index contributed by atoms with van der Waals surface area (Å²) in [5.41, 5.74) is 2.28. The molecule has 1 N–H and O–H groups in total. The number of hydrogen-bond acceptors (Lipinski definition) is 5. The molecule has 0 bridgehead atoms. The van der Waals surface area contributed by atoms with Crippen LogP contribution >= 0.6 is 0 Å². The Labute approximate surface area is 147 Å². The molecule has 132 valence electrons. The van der Waals surface area contributed by atoms with Gasteiger partial charge in [-0.05, 0) is 30.7 Å². The van der Waals surface area contributed by atoms with E-state index >= 15 is 0 Å². The molecule has 2 heterocycles. The van der Waals surface area contributed by atoms with Crippen molar-refractivity contribution >= 4 is 0 Å². The molecule has 1 atom stereocenters. The molecule has 0 aliphatic carbocycles. The zero-order valence-corrected chi connectivity index (χ0v) is 14.4. The third-order valence-electron chi connectivity index (χ3n) is 4.52. The smallest absolute Gasteiger partial charge is 0.165 e. The molecule has 0 spiro atoms. The van der Waals surface area contributed by atoms with Crippen molar-refractivity contribution in [1.82, 2.24) is 5.32 Å². The number of rotatable bonds is 4. The van der Waals surface area contributed by atoms with Gasteiger partial charge in [0.2, 0.25) is 0 Å². The SMILES string of the molecule is C[C@@H](NCc1cccc2c1OCCO2)c1ccc2c(c1)OCCCO2. The van der Waals surface area contributed by atoms with E-state index in [0.717, 1.165) is 35.0 Å². The van der Waals surface area contributed by atoms with E-state index < -0.39 is 0 Å². The van der Waals surface area contributed by atoms with Crippen LogP contribution in [0.4, 0.5) is 0 Å². The highest BCUT2D eigenvalue weighted by Crippen LogP contribution is 2.35. The predicted octanol–water partition coefficient (Wildman–Crippen LogP) is 3.47. The highest BCUT2D eigenvalue weighted by atomic mass is 16.6. The monoisotopic (exact) mass is 341 g/mol. The third kappa shape index (κ3) is 3.51. The molecule has 25 heavy (non-hydrogen) atoms. The second kappa shape index (κ2) is 7.23. The maximum absolute atomic E-state index is 5.79. The zero-order chi connectivity index (χ0) is 17.1. The molecule has 4 rings (SSSR count). The molecule has 0 saturated heterocycles. The van der Waals surface area contributed by atoms with E-state index in [1.54, 1.807) is 0 Å². The number of hydrogen-bond donors (Lipinski definition) is 1. The van der Waals surface area contributed by atoms with E-state index in [2.05, 4.69) is 30.4 Å². The Bertz CT molecular complexity index is 746. The number of fused-ring (bicyclic) bond motifs is 2. The fourth-order valence-corrected chi connectivity index (χ4v) is 3.10. The predicted molar refractivity (Wildman–Crippen MR) is 94.7 cm³/mol. The molecule has 0 unspecified atom stereocenters. The topological polar surface area (TPSA) is 49.0 Å². The summed E-state index contributed by atoms with van der Waals surface area (Å²) in [6.07, 6.45) is 0.916. The largest absolute Gasteiger partial charge is 0.490 e. The molecule has 2 aromatic rings. The molecule has 0 amide bonds. The fraction of sp³-hybridized carbons (Fsp3) is 0.400. The summed E-state index contributed by atoms with van der Waals surface area (Å²) in [6, 6.07) is 12.4. The quantitative estimate of drug-likeness (QED) is 0.923. The van der Waals surface area contributed by atoms with Gasteiger partial charge in [0.05, 0.1) is 13.2 Å². The summed E-state index contributed by atoms with van der Waals surface area (Å²) >= 11 is 0. The minimum Gasteiger partial charge on any atom is -0.490 e. The minimum absolute atomic E-state index is 0.178. The summed E-state index contributed by atoms with van der Waals surface area (Å²) in [7, 11) is 0. The maximum atomic E-state index is 5.79. The molecule has 5 nitrogen and oxygen atoms in total. The van der Waals surface area contributed by atoms with Gasteiger partial charge in [0.1, 0.15) is 13.2 Å². The lowest BCUT2D eigenvalue weighted by atomic mass is 10.1. The van der Waals surface area contributed by atoms with Crippen LogP contribution in [0.3, 0.4) is 0 Å². The molecular weight excluding hydrogens is 318 g/mol. The molecule has 2 aromatic carbocycles. The molecule has 5 heteroatoms. The molecule has 0 aromatic heterocycles. The first-order chi connectivity index (χ1) is 12.3. The number of benzene rings is 2. The highest BCUT2D eigenvalue weighted by molar-refractivity contribution is 5.48. The summed E-state index contributed by atoms with van der Waals surface area (Å²) in [5, 5.41) is 3.56. The van der Waals surface area contributed by atoms with Crippen LogP contribution in [0.1, 0.15) is 30.5 Å². The van der Waals surface area contributed by atoms with Gasteiger partial charge in [0.25, 0.3) is 0 Å². The van der Waals surface area contributed by atoms with Gasteiger partial charge in [-0.15, -0.1) is 0 Å².